The number of alkyl halides is 6. The van der Waals surface area contributed by atoms with E-state index in [0.29, 0.717) is 17.0 Å². The predicted octanol–water partition coefficient (Wildman–Crippen LogP) is 10.5. The number of halogens is 6. The largest absolute Gasteiger partial charge is 0.457 e. The molecule has 0 bridgehead atoms. The van der Waals surface area contributed by atoms with Crippen molar-refractivity contribution in [1.82, 2.24) is 10.6 Å². The van der Waals surface area contributed by atoms with Crippen molar-refractivity contribution in [2.45, 2.75) is 30.1 Å². The van der Waals surface area contributed by atoms with Crippen LogP contribution < -0.4 is 15.4 Å². The Bertz CT molecular complexity index is 2340. The number of hydrogen-bond acceptors (Lipinski definition) is 4. The Hall–Kier alpha value is -5.87. The molecule has 0 fully saturated rings. The molecule has 2 N–H and O–H groups in total. The molecule has 1 spiro atoms. The topological polar surface area (TPSA) is 45.6 Å². The van der Waals surface area contributed by atoms with Crippen molar-refractivity contribution in [2.75, 3.05) is 0 Å². The number of aliphatic imine (C=N–C) groups is 1. The number of rotatable bonds is 3. The Labute approximate surface area is 294 Å². The summed E-state index contributed by atoms with van der Waals surface area (Å²) >= 11 is 0. The van der Waals surface area contributed by atoms with E-state index in [1.54, 1.807) is 0 Å². The second-order valence-corrected chi connectivity index (χ2v) is 13.0. The van der Waals surface area contributed by atoms with Gasteiger partial charge in [-0.15, -0.1) is 0 Å². The molecule has 0 amide bonds. The summed E-state index contributed by atoms with van der Waals surface area (Å²) in [6.07, 6.45) is -10.5. The molecular weight excluding hydrogens is 676 g/mol. The zero-order valence-corrected chi connectivity index (χ0v) is 27.1. The van der Waals surface area contributed by atoms with E-state index < -0.39 is 41.2 Å². The summed E-state index contributed by atoms with van der Waals surface area (Å²) in [5.41, 5.74) is 5.29. The fourth-order valence-electron chi connectivity index (χ4n) is 7.88. The fourth-order valence-corrected chi connectivity index (χ4v) is 7.88. The van der Waals surface area contributed by atoms with Crippen LogP contribution in [-0.2, 0) is 17.8 Å². The van der Waals surface area contributed by atoms with Crippen LogP contribution in [0.4, 0.5) is 26.3 Å². The van der Waals surface area contributed by atoms with Crippen LogP contribution in [0.3, 0.4) is 0 Å². The molecule has 0 saturated heterocycles. The average Bonchev–Trinajstić information content (AvgIpc) is 3.45. The summed E-state index contributed by atoms with van der Waals surface area (Å²) in [6.45, 7) is 0. The Morgan fingerprint density at radius 1 is 0.558 bits per heavy atom. The molecule has 3 aliphatic rings. The lowest BCUT2D eigenvalue weighted by Gasteiger charge is -2.39. The van der Waals surface area contributed by atoms with Gasteiger partial charge in [-0.25, -0.2) is 4.99 Å². The fraction of sp³-hybridized carbons (Fsp3) is 0.119. The summed E-state index contributed by atoms with van der Waals surface area (Å²) < 4.78 is 87.4. The first-order valence-electron chi connectivity index (χ1n) is 16.6. The van der Waals surface area contributed by atoms with E-state index in [2.05, 4.69) is 41.0 Å². The van der Waals surface area contributed by atoms with Gasteiger partial charge in [0, 0.05) is 16.7 Å². The lowest BCUT2D eigenvalue weighted by Crippen LogP contribution is -2.45. The summed E-state index contributed by atoms with van der Waals surface area (Å²) in [7, 11) is 0. The van der Waals surface area contributed by atoms with Gasteiger partial charge in [-0.2, -0.15) is 26.3 Å². The second kappa shape index (κ2) is 11.6. The Morgan fingerprint density at radius 2 is 1.10 bits per heavy atom. The molecule has 0 radical (unpaired) electrons. The Balaban J connectivity index is 1.24. The number of fused-ring (bicyclic) bond motifs is 9. The van der Waals surface area contributed by atoms with E-state index in [4.69, 9.17) is 9.73 Å². The molecule has 2 aliphatic heterocycles. The van der Waals surface area contributed by atoms with Gasteiger partial charge in [0.25, 0.3) is 0 Å². The molecule has 2 heterocycles. The standard InChI is InChI=1S/C42H27F6N3O/c43-41(44,45)26-20-16-24(17-21-26)37-49-38(25-18-22-27(23-19-25)42(46,47)48)51-39(50-37)29-9-7-13-33-36(29)28-8-1-2-10-30(28)40(33)31-11-3-5-14-34(31)52-35-15-6-4-12-32(35)40/h1-23,37,39,50H,(H,49,51). The quantitative estimate of drug-likeness (QED) is 0.180. The summed E-state index contributed by atoms with van der Waals surface area (Å²) in [5.74, 6) is 1.76. The van der Waals surface area contributed by atoms with Crippen LogP contribution in [0.2, 0.25) is 0 Å². The number of amidine groups is 1. The number of hydrogen-bond donors (Lipinski definition) is 2. The third-order valence-electron chi connectivity index (χ3n) is 10.1. The van der Waals surface area contributed by atoms with Crippen LogP contribution >= 0.6 is 0 Å². The van der Waals surface area contributed by atoms with Crippen LogP contribution in [0.15, 0.2) is 145 Å². The molecule has 4 nitrogen and oxygen atoms in total. The van der Waals surface area contributed by atoms with Gasteiger partial charge in [0.15, 0.2) is 0 Å². The van der Waals surface area contributed by atoms with Crippen molar-refractivity contribution in [3.63, 3.8) is 0 Å². The molecule has 9 rings (SSSR count). The normalized spacial score (nSPS) is 18.3. The number of para-hydroxylation sites is 2. The van der Waals surface area contributed by atoms with Crippen molar-refractivity contribution in [1.29, 1.82) is 0 Å². The van der Waals surface area contributed by atoms with Gasteiger partial charge in [0.1, 0.15) is 29.7 Å². The third-order valence-corrected chi connectivity index (χ3v) is 10.1. The van der Waals surface area contributed by atoms with Crippen LogP contribution in [0.5, 0.6) is 11.5 Å². The van der Waals surface area contributed by atoms with Crippen molar-refractivity contribution >= 4 is 5.84 Å². The molecule has 2 unspecified atom stereocenters. The monoisotopic (exact) mass is 703 g/mol. The highest BCUT2D eigenvalue weighted by Crippen LogP contribution is 2.63. The molecule has 258 valence electrons. The van der Waals surface area contributed by atoms with Crippen molar-refractivity contribution in [3.8, 4) is 22.6 Å². The predicted molar refractivity (Wildman–Crippen MR) is 185 cm³/mol. The highest BCUT2D eigenvalue weighted by atomic mass is 19.4. The van der Waals surface area contributed by atoms with Crippen LogP contribution in [0.1, 0.15) is 62.4 Å². The van der Waals surface area contributed by atoms with Gasteiger partial charge in [0.2, 0.25) is 0 Å². The SMILES string of the molecule is FC(F)(F)c1ccc(C2=NC(c3cccc4c3-c3ccccc3C43c4ccccc4Oc4ccccc43)NC(c3ccc(C(F)(F)F)cc3)N2)cc1. The number of ether oxygens (including phenoxy) is 1. The van der Waals surface area contributed by atoms with Gasteiger partial charge >= 0.3 is 12.4 Å². The van der Waals surface area contributed by atoms with Gasteiger partial charge in [0.05, 0.1) is 16.5 Å². The minimum Gasteiger partial charge on any atom is -0.457 e. The first-order valence-corrected chi connectivity index (χ1v) is 16.6. The number of benzene rings is 6. The minimum absolute atomic E-state index is 0.294. The van der Waals surface area contributed by atoms with Gasteiger partial charge in [-0.3, -0.25) is 5.32 Å². The molecule has 2 atom stereocenters. The van der Waals surface area contributed by atoms with Crippen LogP contribution in [-0.4, -0.2) is 5.84 Å². The van der Waals surface area contributed by atoms with Crippen LogP contribution in [0.25, 0.3) is 11.1 Å². The molecule has 0 saturated carbocycles. The third kappa shape index (κ3) is 4.92. The molecule has 10 heteroatoms. The van der Waals surface area contributed by atoms with Gasteiger partial charge in [-0.05, 0) is 69.8 Å². The van der Waals surface area contributed by atoms with Gasteiger partial charge in [-0.1, -0.05) is 103 Å². The number of nitrogens with zero attached hydrogens (tertiary/aromatic N) is 1. The van der Waals surface area contributed by atoms with E-state index in [1.807, 2.05) is 60.7 Å². The number of nitrogens with one attached hydrogen (secondary N) is 2. The zero-order valence-electron chi connectivity index (χ0n) is 27.1. The minimum atomic E-state index is -4.53. The summed E-state index contributed by atoms with van der Waals surface area (Å²) in [4.78, 5) is 5.03. The van der Waals surface area contributed by atoms with E-state index in [1.165, 1.54) is 24.3 Å². The maximum Gasteiger partial charge on any atom is 0.416 e. The molecule has 6 aromatic rings. The van der Waals surface area contributed by atoms with Gasteiger partial charge < -0.3 is 10.1 Å². The smallest absolute Gasteiger partial charge is 0.416 e. The summed E-state index contributed by atoms with van der Waals surface area (Å²) in [6, 6.07) is 39.6. The van der Waals surface area contributed by atoms with Crippen molar-refractivity contribution in [3.05, 3.63) is 190 Å². The maximum absolute atomic E-state index is 13.5. The highest BCUT2D eigenvalue weighted by Gasteiger charge is 2.52. The Morgan fingerprint density at radius 3 is 1.71 bits per heavy atom. The summed E-state index contributed by atoms with van der Waals surface area (Å²) in [5, 5.41) is 6.72. The maximum atomic E-state index is 13.5. The lowest BCUT2D eigenvalue weighted by molar-refractivity contribution is -0.138. The Kier molecular flexibility index (Phi) is 7.14. The lowest BCUT2D eigenvalue weighted by atomic mass is 9.66. The molecule has 0 aromatic heterocycles. The highest BCUT2D eigenvalue weighted by molar-refractivity contribution is 6.00. The van der Waals surface area contributed by atoms with Crippen molar-refractivity contribution < 1.29 is 31.1 Å². The molecular formula is C42H27F6N3O. The van der Waals surface area contributed by atoms with E-state index >= 15 is 0 Å². The second-order valence-electron chi connectivity index (χ2n) is 13.0. The first kappa shape index (κ1) is 32.1. The van der Waals surface area contributed by atoms with E-state index in [-0.39, 0.29) is 0 Å². The van der Waals surface area contributed by atoms with Crippen LogP contribution in [0, 0.1) is 0 Å². The van der Waals surface area contributed by atoms with E-state index in [0.717, 1.165) is 74.7 Å². The molecule has 6 aromatic carbocycles. The molecule has 1 aliphatic carbocycles. The average molecular weight is 704 g/mol. The zero-order chi connectivity index (χ0) is 35.8. The van der Waals surface area contributed by atoms with E-state index in [9.17, 15) is 26.3 Å². The first-order chi connectivity index (χ1) is 25.0. The molecule has 52 heavy (non-hydrogen) atoms. The van der Waals surface area contributed by atoms with Crippen molar-refractivity contribution in [2.24, 2.45) is 4.99 Å².